The predicted molar refractivity (Wildman–Crippen MR) is 75.8 cm³/mol. The highest BCUT2D eigenvalue weighted by atomic mass is 16.2. The molecule has 3 nitrogen and oxygen atoms in total. The van der Waals surface area contributed by atoms with Gasteiger partial charge in [0.05, 0.1) is 6.04 Å². The van der Waals surface area contributed by atoms with Gasteiger partial charge in [-0.05, 0) is 24.6 Å². The van der Waals surface area contributed by atoms with Gasteiger partial charge >= 0.3 is 0 Å². The van der Waals surface area contributed by atoms with E-state index in [4.69, 9.17) is 5.73 Å². The molecule has 3 heteroatoms. The van der Waals surface area contributed by atoms with Gasteiger partial charge in [0.1, 0.15) is 6.04 Å². The molecule has 2 atom stereocenters. The lowest BCUT2D eigenvalue weighted by Crippen LogP contribution is -2.63. The lowest BCUT2D eigenvalue weighted by Gasteiger charge is -2.45. The fraction of sp³-hybridized carbons (Fsp3) is 0.188. The number of aryl methyl sites for hydroxylation is 1. The van der Waals surface area contributed by atoms with E-state index in [1.54, 1.807) is 4.90 Å². The molecule has 0 unspecified atom stereocenters. The van der Waals surface area contributed by atoms with Crippen molar-refractivity contribution in [2.45, 2.75) is 19.0 Å². The second-order valence-corrected chi connectivity index (χ2v) is 4.93. The number of hydrogen-bond donors (Lipinski definition) is 1. The average Bonchev–Trinajstić information content (AvgIpc) is 2.46. The van der Waals surface area contributed by atoms with Crippen molar-refractivity contribution in [2.24, 2.45) is 5.73 Å². The van der Waals surface area contributed by atoms with Crippen LogP contribution in [0.3, 0.4) is 0 Å². The number of β-lactam (4-membered cyclic amide) rings is 1. The molecule has 1 amide bonds. The van der Waals surface area contributed by atoms with Gasteiger partial charge in [-0.25, -0.2) is 0 Å². The molecular weight excluding hydrogens is 236 g/mol. The van der Waals surface area contributed by atoms with E-state index in [2.05, 4.69) is 0 Å². The van der Waals surface area contributed by atoms with Crippen molar-refractivity contribution < 1.29 is 4.79 Å². The molecule has 96 valence electrons. The van der Waals surface area contributed by atoms with E-state index in [0.29, 0.717) is 0 Å². The molecule has 1 aliphatic rings. The van der Waals surface area contributed by atoms with E-state index in [1.807, 2.05) is 61.5 Å². The Morgan fingerprint density at radius 2 is 1.63 bits per heavy atom. The smallest absolute Gasteiger partial charge is 0.247 e. The van der Waals surface area contributed by atoms with Gasteiger partial charge < -0.3 is 10.6 Å². The summed E-state index contributed by atoms with van der Waals surface area (Å²) in [6, 6.07) is 17.4. The van der Waals surface area contributed by atoms with Gasteiger partial charge in [0, 0.05) is 5.69 Å². The Labute approximate surface area is 112 Å². The Kier molecular flexibility index (Phi) is 2.84. The van der Waals surface area contributed by atoms with Gasteiger partial charge in [-0.3, -0.25) is 4.79 Å². The zero-order valence-electron chi connectivity index (χ0n) is 10.8. The summed E-state index contributed by atoms with van der Waals surface area (Å²) in [6.07, 6.45) is 0. The molecule has 2 N–H and O–H groups in total. The minimum atomic E-state index is -0.441. The highest BCUT2D eigenvalue weighted by molar-refractivity contribution is 6.05. The number of anilines is 1. The van der Waals surface area contributed by atoms with Crippen LogP contribution in [-0.2, 0) is 4.79 Å². The van der Waals surface area contributed by atoms with Gasteiger partial charge in [0.25, 0.3) is 0 Å². The molecular formula is C16H16N2O. The molecule has 0 aromatic heterocycles. The molecule has 0 spiro atoms. The molecule has 19 heavy (non-hydrogen) atoms. The number of carbonyl (C=O) groups excluding carboxylic acids is 1. The third-order valence-electron chi connectivity index (χ3n) is 3.59. The summed E-state index contributed by atoms with van der Waals surface area (Å²) in [4.78, 5) is 13.8. The fourth-order valence-electron chi connectivity index (χ4n) is 2.51. The average molecular weight is 252 g/mol. The zero-order valence-corrected chi connectivity index (χ0v) is 10.8. The maximum absolute atomic E-state index is 12.0. The molecule has 2 aromatic carbocycles. The number of rotatable bonds is 2. The molecule has 1 fully saturated rings. The number of amides is 1. The molecule has 1 aliphatic heterocycles. The van der Waals surface area contributed by atoms with Crippen molar-refractivity contribution in [1.82, 2.24) is 0 Å². The second-order valence-electron chi connectivity index (χ2n) is 4.93. The zero-order chi connectivity index (χ0) is 13.4. The Balaban J connectivity index is 1.96. The minimum absolute atomic E-state index is 0.0160. The highest BCUT2D eigenvalue weighted by Gasteiger charge is 2.46. The first-order valence-electron chi connectivity index (χ1n) is 6.39. The molecule has 3 rings (SSSR count). The van der Waals surface area contributed by atoms with E-state index >= 15 is 0 Å². The summed E-state index contributed by atoms with van der Waals surface area (Å²) in [5.41, 5.74) is 9.13. The van der Waals surface area contributed by atoms with Crippen molar-refractivity contribution >= 4 is 11.6 Å². The normalized spacial score (nSPS) is 22.2. The fourth-order valence-corrected chi connectivity index (χ4v) is 2.51. The summed E-state index contributed by atoms with van der Waals surface area (Å²) >= 11 is 0. The third kappa shape index (κ3) is 1.92. The predicted octanol–water partition coefficient (Wildman–Crippen LogP) is 2.41. The largest absolute Gasteiger partial charge is 0.318 e. The van der Waals surface area contributed by atoms with Crippen LogP contribution >= 0.6 is 0 Å². The van der Waals surface area contributed by atoms with E-state index in [9.17, 15) is 4.79 Å². The standard InChI is InChI=1S/C16H16N2O/c1-11-7-9-13(10-8-11)18-15(14(17)16(18)19)12-5-3-2-4-6-12/h2-10,14-15H,17H2,1H3/t14-,15-/m0/s1. The number of nitrogens with two attached hydrogens (primary N) is 1. The van der Waals surface area contributed by atoms with Crippen LogP contribution in [0, 0.1) is 6.92 Å². The van der Waals surface area contributed by atoms with E-state index < -0.39 is 6.04 Å². The van der Waals surface area contributed by atoms with Gasteiger partial charge in [-0.1, -0.05) is 48.0 Å². The summed E-state index contributed by atoms with van der Waals surface area (Å²) in [5.74, 6) is -0.0160. The van der Waals surface area contributed by atoms with Crippen LogP contribution in [0.1, 0.15) is 17.2 Å². The SMILES string of the molecule is Cc1ccc(N2C(=O)[C@@H](N)[C@@H]2c2ccccc2)cc1. The van der Waals surface area contributed by atoms with Crippen LogP contribution < -0.4 is 10.6 Å². The first-order valence-corrected chi connectivity index (χ1v) is 6.39. The molecule has 0 aliphatic carbocycles. The maximum Gasteiger partial charge on any atom is 0.247 e. The Morgan fingerprint density at radius 1 is 1.00 bits per heavy atom. The van der Waals surface area contributed by atoms with E-state index in [1.165, 1.54) is 5.56 Å². The van der Waals surface area contributed by atoms with Crippen LogP contribution in [-0.4, -0.2) is 11.9 Å². The van der Waals surface area contributed by atoms with Crippen molar-refractivity contribution in [3.8, 4) is 0 Å². The number of benzene rings is 2. The Hall–Kier alpha value is -2.13. The van der Waals surface area contributed by atoms with Gasteiger partial charge in [-0.2, -0.15) is 0 Å². The molecule has 1 heterocycles. The van der Waals surface area contributed by atoms with Crippen molar-refractivity contribution in [3.63, 3.8) is 0 Å². The number of nitrogens with zero attached hydrogens (tertiary/aromatic N) is 1. The Morgan fingerprint density at radius 3 is 2.26 bits per heavy atom. The van der Waals surface area contributed by atoms with E-state index in [-0.39, 0.29) is 11.9 Å². The molecule has 2 aromatic rings. The topological polar surface area (TPSA) is 46.3 Å². The lowest BCUT2D eigenvalue weighted by atomic mass is 9.88. The maximum atomic E-state index is 12.0. The monoisotopic (exact) mass is 252 g/mol. The van der Waals surface area contributed by atoms with Gasteiger partial charge in [-0.15, -0.1) is 0 Å². The van der Waals surface area contributed by atoms with Gasteiger partial charge in [0.15, 0.2) is 0 Å². The molecule has 0 saturated carbocycles. The van der Waals surface area contributed by atoms with Crippen molar-refractivity contribution in [1.29, 1.82) is 0 Å². The van der Waals surface area contributed by atoms with Crippen LogP contribution in [0.4, 0.5) is 5.69 Å². The van der Waals surface area contributed by atoms with Crippen LogP contribution in [0.25, 0.3) is 0 Å². The quantitative estimate of drug-likeness (QED) is 0.834. The van der Waals surface area contributed by atoms with Crippen LogP contribution in [0.2, 0.25) is 0 Å². The summed E-state index contributed by atoms with van der Waals surface area (Å²) in [5, 5.41) is 0. The summed E-state index contributed by atoms with van der Waals surface area (Å²) in [7, 11) is 0. The van der Waals surface area contributed by atoms with Gasteiger partial charge in [0.2, 0.25) is 5.91 Å². The third-order valence-corrected chi connectivity index (χ3v) is 3.59. The minimum Gasteiger partial charge on any atom is -0.318 e. The first-order chi connectivity index (χ1) is 9.18. The first kappa shape index (κ1) is 11.9. The molecule has 1 saturated heterocycles. The van der Waals surface area contributed by atoms with Crippen molar-refractivity contribution in [3.05, 3.63) is 65.7 Å². The number of hydrogen-bond acceptors (Lipinski definition) is 2. The molecule has 0 bridgehead atoms. The van der Waals surface area contributed by atoms with Crippen molar-refractivity contribution in [2.75, 3.05) is 4.90 Å². The lowest BCUT2D eigenvalue weighted by molar-refractivity contribution is -0.126. The molecule has 0 radical (unpaired) electrons. The second kappa shape index (κ2) is 4.52. The summed E-state index contributed by atoms with van der Waals surface area (Å²) in [6.45, 7) is 2.03. The summed E-state index contributed by atoms with van der Waals surface area (Å²) < 4.78 is 0. The highest BCUT2D eigenvalue weighted by Crippen LogP contribution is 2.37. The van der Waals surface area contributed by atoms with Crippen LogP contribution in [0.5, 0.6) is 0 Å². The van der Waals surface area contributed by atoms with Crippen LogP contribution in [0.15, 0.2) is 54.6 Å². The Bertz CT molecular complexity index is 592. The van der Waals surface area contributed by atoms with E-state index in [0.717, 1.165) is 11.3 Å². The number of carbonyl (C=O) groups is 1.